The molecule has 0 N–H and O–H groups in total. The van der Waals surface area contributed by atoms with E-state index < -0.39 is 0 Å². The molecule has 0 fully saturated rings. The van der Waals surface area contributed by atoms with Crippen LogP contribution < -0.4 is 28.4 Å². The number of allylic oxidation sites excluding steroid dienone is 2. The zero-order valence-electron chi connectivity index (χ0n) is 22.2. The van der Waals surface area contributed by atoms with Gasteiger partial charge in [-0.25, -0.2) is 0 Å². The van der Waals surface area contributed by atoms with Crippen molar-refractivity contribution in [2.24, 2.45) is 0 Å². The van der Waals surface area contributed by atoms with Crippen LogP contribution in [-0.4, -0.2) is 54.2 Å². The molecule has 8 heteroatoms. The molecule has 0 aliphatic heterocycles. The van der Waals surface area contributed by atoms with Gasteiger partial charge in [-0.3, -0.25) is 9.59 Å². The molecule has 0 aliphatic carbocycles. The molecule has 3 aromatic rings. The number of rotatable bonds is 12. The number of benzene rings is 3. The van der Waals surface area contributed by atoms with E-state index in [9.17, 15) is 9.59 Å². The van der Waals surface area contributed by atoms with Gasteiger partial charge in [0.2, 0.25) is 0 Å². The van der Waals surface area contributed by atoms with Crippen LogP contribution in [0.3, 0.4) is 0 Å². The first-order valence-electron chi connectivity index (χ1n) is 11.5. The summed E-state index contributed by atoms with van der Waals surface area (Å²) in [7, 11) is 9.13. The molecule has 0 aliphatic rings. The maximum atomic E-state index is 12.8. The van der Waals surface area contributed by atoms with E-state index in [1.165, 1.54) is 54.8 Å². The first-order valence-corrected chi connectivity index (χ1v) is 11.5. The fourth-order valence-electron chi connectivity index (χ4n) is 3.71. The third kappa shape index (κ3) is 6.34. The average molecular weight is 519 g/mol. The van der Waals surface area contributed by atoms with Crippen LogP contribution in [0.4, 0.5) is 0 Å². The standard InChI is InChI=1S/C30H30O8/c1-33-25-13-9-19(15-29(25)37-5)23(31)11-7-21-17-28(36-4)22(18-27(21)35-3)8-12-24(32)20-10-14-26(34-2)30(16-20)38-6/h7-18H,1-6H3/b11-7+,12-8+. The van der Waals surface area contributed by atoms with Gasteiger partial charge in [-0.05, 0) is 72.8 Å². The van der Waals surface area contributed by atoms with Gasteiger partial charge in [-0.1, -0.05) is 0 Å². The molecule has 0 heterocycles. The highest BCUT2D eigenvalue weighted by molar-refractivity contribution is 6.08. The zero-order valence-corrected chi connectivity index (χ0v) is 22.2. The van der Waals surface area contributed by atoms with E-state index in [1.54, 1.807) is 60.7 Å². The number of ether oxygens (including phenoxy) is 6. The molecule has 0 aromatic heterocycles. The molecule has 3 aromatic carbocycles. The molecule has 198 valence electrons. The summed E-state index contributed by atoms with van der Waals surface area (Å²) in [4.78, 5) is 25.6. The van der Waals surface area contributed by atoms with Crippen molar-refractivity contribution in [3.05, 3.63) is 82.9 Å². The van der Waals surface area contributed by atoms with Crippen LogP contribution >= 0.6 is 0 Å². The summed E-state index contributed by atoms with van der Waals surface area (Å²) < 4.78 is 32.1. The Morgan fingerprint density at radius 1 is 0.474 bits per heavy atom. The average Bonchev–Trinajstić information content (AvgIpc) is 2.97. The van der Waals surface area contributed by atoms with Crippen LogP contribution in [0, 0.1) is 0 Å². The highest BCUT2D eigenvalue weighted by Gasteiger charge is 2.13. The van der Waals surface area contributed by atoms with Crippen LogP contribution in [0.15, 0.2) is 60.7 Å². The quantitative estimate of drug-likeness (QED) is 0.228. The summed E-state index contributed by atoms with van der Waals surface area (Å²) in [6.07, 6.45) is 6.16. The number of ketones is 2. The molecule has 0 unspecified atom stereocenters. The Morgan fingerprint density at radius 2 is 0.816 bits per heavy atom. The monoisotopic (exact) mass is 518 g/mol. The van der Waals surface area contributed by atoms with Crippen molar-refractivity contribution in [1.82, 2.24) is 0 Å². The summed E-state index contributed by atoms with van der Waals surface area (Å²) in [6, 6.07) is 13.4. The number of hydrogen-bond acceptors (Lipinski definition) is 8. The van der Waals surface area contributed by atoms with E-state index in [0.29, 0.717) is 56.8 Å². The molecule has 0 bridgehead atoms. The minimum absolute atomic E-state index is 0.225. The van der Waals surface area contributed by atoms with E-state index in [0.717, 1.165) is 0 Å². The third-order valence-electron chi connectivity index (χ3n) is 5.75. The molecule has 3 rings (SSSR count). The minimum atomic E-state index is -0.225. The SMILES string of the molecule is COc1cc(/C=C/C(=O)c2ccc(OC)c(OC)c2)c(OC)cc1/C=C/C(=O)c1ccc(OC)c(OC)c1. The first kappa shape index (κ1) is 27.9. The molecule has 0 saturated carbocycles. The van der Waals surface area contributed by atoms with Gasteiger partial charge in [0, 0.05) is 22.3 Å². The van der Waals surface area contributed by atoms with Gasteiger partial charge in [-0.2, -0.15) is 0 Å². The largest absolute Gasteiger partial charge is 0.496 e. The van der Waals surface area contributed by atoms with Crippen molar-refractivity contribution in [2.75, 3.05) is 42.7 Å². The Hall–Kier alpha value is -4.72. The number of carbonyl (C=O) groups is 2. The molecule has 0 radical (unpaired) electrons. The number of carbonyl (C=O) groups excluding carboxylic acids is 2. The van der Waals surface area contributed by atoms with Gasteiger partial charge in [0.15, 0.2) is 34.6 Å². The normalized spacial score (nSPS) is 10.9. The predicted octanol–water partition coefficient (Wildman–Crippen LogP) is 5.53. The summed E-state index contributed by atoms with van der Waals surface area (Å²) in [5.41, 5.74) is 2.14. The molecule has 38 heavy (non-hydrogen) atoms. The molecule has 0 amide bonds. The Bertz CT molecular complexity index is 1270. The smallest absolute Gasteiger partial charge is 0.185 e. The topological polar surface area (TPSA) is 89.5 Å². The second kappa shape index (κ2) is 13.0. The van der Waals surface area contributed by atoms with Gasteiger partial charge in [-0.15, -0.1) is 0 Å². The van der Waals surface area contributed by atoms with Crippen LogP contribution in [-0.2, 0) is 0 Å². The Morgan fingerprint density at radius 3 is 1.13 bits per heavy atom. The molecule has 0 atom stereocenters. The summed E-state index contributed by atoms with van der Waals surface area (Å²) >= 11 is 0. The lowest BCUT2D eigenvalue weighted by Crippen LogP contribution is -1.98. The van der Waals surface area contributed by atoms with Crippen LogP contribution in [0.25, 0.3) is 12.2 Å². The van der Waals surface area contributed by atoms with Crippen molar-refractivity contribution >= 4 is 23.7 Å². The second-order valence-electron chi connectivity index (χ2n) is 7.87. The number of methoxy groups -OCH3 is 6. The van der Waals surface area contributed by atoms with Gasteiger partial charge >= 0.3 is 0 Å². The fourth-order valence-corrected chi connectivity index (χ4v) is 3.71. The Balaban J connectivity index is 1.86. The van der Waals surface area contributed by atoms with E-state index >= 15 is 0 Å². The van der Waals surface area contributed by atoms with E-state index in [1.807, 2.05) is 0 Å². The lowest BCUT2D eigenvalue weighted by Gasteiger charge is -2.11. The molecule has 0 spiro atoms. The summed E-state index contributed by atoms with van der Waals surface area (Å²) in [6.45, 7) is 0. The van der Waals surface area contributed by atoms with Crippen molar-refractivity contribution in [1.29, 1.82) is 0 Å². The van der Waals surface area contributed by atoms with Crippen LogP contribution in [0.5, 0.6) is 34.5 Å². The predicted molar refractivity (Wildman–Crippen MR) is 145 cm³/mol. The maximum absolute atomic E-state index is 12.8. The van der Waals surface area contributed by atoms with Gasteiger partial charge in [0.05, 0.1) is 42.7 Å². The fraction of sp³-hybridized carbons (Fsp3) is 0.200. The molecular weight excluding hydrogens is 488 g/mol. The first-order chi connectivity index (χ1) is 18.4. The van der Waals surface area contributed by atoms with Crippen molar-refractivity contribution in [3.8, 4) is 34.5 Å². The van der Waals surface area contributed by atoms with Crippen molar-refractivity contribution < 1.29 is 38.0 Å². The Kier molecular flexibility index (Phi) is 9.54. The van der Waals surface area contributed by atoms with Gasteiger partial charge < -0.3 is 28.4 Å². The van der Waals surface area contributed by atoms with E-state index in [2.05, 4.69) is 0 Å². The van der Waals surface area contributed by atoms with Gasteiger partial charge in [0.1, 0.15) is 11.5 Å². The number of hydrogen-bond donors (Lipinski definition) is 0. The van der Waals surface area contributed by atoms with Crippen LogP contribution in [0.2, 0.25) is 0 Å². The van der Waals surface area contributed by atoms with Crippen molar-refractivity contribution in [2.45, 2.75) is 0 Å². The highest BCUT2D eigenvalue weighted by atomic mass is 16.5. The zero-order chi connectivity index (χ0) is 27.7. The highest BCUT2D eigenvalue weighted by Crippen LogP contribution is 2.32. The third-order valence-corrected chi connectivity index (χ3v) is 5.75. The van der Waals surface area contributed by atoms with E-state index in [-0.39, 0.29) is 11.6 Å². The van der Waals surface area contributed by atoms with Crippen LogP contribution in [0.1, 0.15) is 31.8 Å². The molecule has 0 saturated heterocycles. The second-order valence-corrected chi connectivity index (χ2v) is 7.87. The lowest BCUT2D eigenvalue weighted by atomic mass is 10.0. The van der Waals surface area contributed by atoms with Crippen molar-refractivity contribution in [3.63, 3.8) is 0 Å². The minimum Gasteiger partial charge on any atom is -0.496 e. The Labute approximate surface area is 222 Å². The van der Waals surface area contributed by atoms with Gasteiger partial charge in [0.25, 0.3) is 0 Å². The van der Waals surface area contributed by atoms with E-state index in [4.69, 9.17) is 28.4 Å². The lowest BCUT2D eigenvalue weighted by molar-refractivity contribution is 0.103. The maximum Gasteiger partial charge on any atom is 0.185 e. The molecule has 8 nitrogen and oxygen atoms in total. The summed E-state index contributed by atoms with van der Waals surface area (Å²) in [5.74, 6) is 2.54. The summed E-state index contributed by atoms with van der Waals surface area (Å²) in [5, 5.41) is 0. The molecular formula is C30H30O8.